The molecule has 7 heteroatoms. The second kappa shape index (κ2) is 7.69. The number of amides is 3. The fourth-order valence-electron chi connectivity index (χ4n) is 3.78. The molecule has 1 aliphatic rings. The average molecular weight is 442 g/mol. The van der Waals surface area contributed by atoms with Crippen molar-refractivity contribution in [2.24, 2.45) is 0 Å². The van der Waals surface area contributed by atoms with Crippen LogP contribution in [0.4, 0.5) is 5.69 Å². The van der Waals surface area contributed by atoms with Crippen molar-refractivity contribution in [2.45, 2.75) is 19.9 Å². The van der Waals surface area contributed by atoms with Crippen LogP contribution in [-0.2, 0) is 4.79 Å². The van der Waals surface area contributed by atoms with Crippen molar-refractivity contribution in [2.75, 3.05) is 5.32 Å². The fourth-order valence-corrected chi connectivity index (χ4v) is 4.84. The highest BCUT2D eigenvalue weighted by Crippen LogP contribution is 2.31. The summed E-state index contributed by atoms with van der Waals surface area (Å²) in [6.07, 6.45) is 0. The summed E-state index contributed by atoms with van der Waals surface area (Å²) in [6.45, 7) is 3.60. The largest absolute Gasteiger partial charge is 0.324 e. The van der Waals surface area contributed by atoms with Crippen LogP contribution in [0, 0.1) is 6.92 Å². The van der Waals surface area contributed by atoms with Crippen LogP contribution in [0.3, 0.4) is 0 Å². The summed E-state index contributed by atoms with van der Waals surface area (Å²) in [7, 11) is 0. The van der Waals surface area contributed by atoms with Crippen LogP contribution in [0.2, 0.25) is 0 Å². The van der Waals surface area contributed by atoms with Gasteiger partial charge in [-0.15, -0.1) is 11.3 Å². The van der Waals surface area contributed by atoms with Gasteiger partial charge in [0.25, 0.3) is 11.8 Å². The van der Waals surface area contributed by atoms with E-state index in [2.05, 4.69) is 23.3 Å². The average Bonchev–Trinajstić information content (AvgIpc) is 3.32. The summed E-state index contributed by atoms with van der Waals surface area (Å²) < 4.78 is 1.13. The van der Waals surface area contributed by atoms with E-state index in [1.165, 1.54) is 5.56 Å². The monoisotopic (exact) mass is 441 g/mol. The van der Waals surface area contributed by atoms with E-state index in [0.717, 1.165) is 25.7 Å². The van der Waals surface area contributed by atoms with Gasteiger partial charge >= 0.3 is 0 Å². The number of aromatic nitrogens is 1. The molecule has 6 nitrogen and oxygen atoms in total. The number of hydrogen-bond acceptors (Lipinski definition) is 5. The third-order valence-corrected chi connectivity index (χ3v) is 6.60. The third kappa shape index (κ3) is 3.36. The standard InChI is InChI=1S/C25H19N3O3S/c1-14-7-12-20-21(13-14)32-23(27-20)16-8-10-17(11-9-16)26-22(29)15(2)28-24(30)18-5-3-4-6-19(18)25(28)31/h3-13,15H,1-2H3,(H,26,29)/t15-/m0/s1. The Kier molecular flexibility index (Phi) is 4.83. The quantitative estimate of drug-likeness (QED) is 0.457. The molecular formula is C25H19N3O3S. The van der Waals surface area contributed by atoms with E-state index in [0.29, 0.717) is 16.8 Å². The van der Waals surface area contributed by atoms with Gasteiger partial charge in [0.1, 0.15) is 11.0 Å². The maximum Gasteiger partial charge on any atom is 0.262 e. The lowest BCUT2D eigenvalue weighted by Gasteiger charge is -2.21. The van der Waals surface area contributed by atoms with Gasteiger partial charge in [-0.3, -0.25) is 19.3 Å². The molecule has 32 heavy (non-hydrogen) atoms. The molecule has 0 unspecified atom stereocenters. The van der Waals surface area contributed by atoms with E-state index in [9.17, 15) is 14.4 Å². The Morgan fingerprint density at radius 1 is 0.969 bits per heavy atom. The number of aryl methyl sites for hydroxylation is 1. The SMILES string of the molecule is Cc1ccc2nc(-c3ccc(NC(=O)[C@H](C)N4C(=O)c5ccccc5C4=O)cc3)sc2c1. The van der Waals surface area contributed by atoms with Crippen molar-refractivity contribution in [3.8, 4) is 10.6 Å². The number of hydrogen-bond donors (Lipinski definition) is 1. The summed E-state index contributed by atoms with van der Waals surface area (Å²) in [6, 6.07) is 19.2. The normalized spacial score (nSPS) is 14.0. The molecule has 0 bridgehead atoms. The van der Waals surface area contributed by atoms with E-state index in [1.54, 1.807) is 54.7 Å². The lowest BCUT2D eigenvalue weighted by Crippen LogP contribution is -2.45. The van der Waals surface area contributed by atoms with Gasteiger partial charge in [0.2, 0.25) is 5.91 Å². The molecule has 158 valence electrons. The minimum absolute atomic E-state index is 0.326. The molecule has 3 aromatic carbocycles. The Morgan fingerprint density at radius 2 is 1.62 bits per heavy atom. The smallest absolute Gasteiger partial charge is 0.262 e. The van der Waals surface area contributed by atoms with Crippen LogP contribution >= 0.6 is 11.3 Å². The molecule has 0 spiro atoms. The Balaban J connectivity index is 1.31. The zero-order chi connectivity index (χ0) is 22.4. The van der Waals surface area contributed by atoms with E-state index >= 15 is 0 Å². The topological polar surface area (TPSA) is 79.4 Å². The summed E-state index contributed by atoms with van der Waals surface area (Å²) in [5, 5.41) is 3.70. The Morgan fingerprint density at radius 3 is 2.28 bits per heavy atom. The first-order chi connectivity index (χ1) is 15.4. The molecule has 3 amide bonds. The third-order valence-electron chi connectivity index (χ3n) is 5.54. The highest BCUT2D eigenvalue weighted by atomic mass is 32.1. The predicted molar refractivity (Wildman–Crippen MR) is 125 cm³/mol. The summed E-state index contributed by atoms with van der Waals surface area (Å²) in [4.78, 5) is 43.7. The first-order valence-electron chi connectivity index (χ1n) is 10.2. The first-order valence-corrected chi connectivity index (χ1v) is 11.0. The molecular weight excluding hydrogens is 422 g/mol. The summed E-state index contributed by atoms with van der Waals surface area (Å²) in [5.74, 6) is -1.33. The van der Waals surface area contributed by atoms with Gasteiger partial charge in [-0.1, -0.05) is 18.2 Å². The van der Waals surface area contributed by atoms with Crippen LogP contribution in [0.1, 0.15) is 33.2 Å². The number of imide groups is 1. The van der Waals surface area contributed by atoms with Crippen molar-refractivity contribution in [3.63, 3.8) is 0 Å². The predicted octanol–water partition coefficient (Wildman–Crippen LogP) is 4.89. The summed E-state index contributed by atoms with van der Waals surface area (Å²) >= 11 is 1.62. The lowest BCUT2D eigenvalue weighted by molar-refractivity contribution is -0.119. The Bertz CT molecular complexity index is 1360. The minimum atomic E-state index is -0.936. The molecule has 0 radical (unpaired) electrons. The van der Waals surface area contributed by atoms with E-state index in [-0.39, 0.29) is 0 Å². The molecule has 0 fully saturated rings. The second-order valence-corrected chi connectivity index (χ2v) is 8.79. The Hall–Kier alpha value is -3.84. The van der Waals surface area contributed by atoms with E-state index in [4.69, 9.17) is 0 Å². The number of benzene rings is 3. The highest BCUT2D eigenvalue weighted by molar-refractivity contribution is 7.21. The molecule has 1 atom stereocenters. The number of nitrogens with zero attached hydrogens (tertiary/aromatic N) is 2. The molecule has 0 saturated carbocycles. The van der Waals surface area contributed by atoms with Crippen molar-refractivity contribution in [1.29, 1.82) is 0 Å². The number of fused-ring (bicyclic) bond motifs is 2. The van der Waals surface area contributed by atoms with E-state index in [1.807, 2.05) is 24.3 Å². The van der Waals surface area contributed by atoms with Crippen molar-refractivity contribution < 1.29 is 14.4 Å². The van der Waals surface area contributed by atoms with Gasteiger partial charge in [0.15, 0.2) is 0 Å². The number of thiazole rings is 1. The molecule has 2 heterocycles. The molecule has 1 aliphatic heterocycles. The van der Waals surface area contributed by atoms with Gasteiger partial charge in [-0.2, -0.15) is 0 Å². The molecule has 4 aromatic rings. The molecule has 5 rings (SSSR count). The van der Waals surface area contributed by atoms with Gasteiger partial charge in [0.05, 0.1) is 21.3 Å². The van der Waals surface area contributed by atoms with Crippen LogP contribution < -0.4 is 5.32 Å². The second-order valence-electron chi connectivity index (χ2n) is 7.76. The molecule has 1 aromatic heterocycles. The highest BCUT2D eigenvalue weighted by Gasteiger charge is 2.40. The number of anilines is 1. The minimum Gasteiger partial charge on any atom is -0.324 e. The lowest BCUT2D eigenvalue weighted by atomic mass is 10.1. The van der Waals surface area contributed by atoms with Crippen LogP contribution in [0.15, 0.2) is 66.7 Å². The zero-order valence-electron chi connectivity index (χ0n) is 17.5. The van der Waals surface area contributed by atoms with E-state index < -0.39 is 23.8 Å². The number of carbonyl (C=O) groups is 3. The maximum atomic E-state index is 12.8. The van der Waals surface area contributed by atoms with Crippen molar-refractivity contribution >= 4 is 45.0 Å². The molecule has 0 saturated heterocycles. The van der Waals surface area contributed by atoms with Crippen LogP contribution in [-0.4, -0.2) is 33.6 Å². The number of nitrogens with one attached hydrogen (secondary N) is 1. The fraction of sp³-hybridized carbons (Fsp3) is 0.120. The number of carbonyl (C=O) groups excluding carboxylic acids is 3. The zero-order valence-corrected chi connectivity index (χ0v) is 18.3. The number of rotatable bonds is 4. The summed E-state index contributed by atoms with van der Waals surface area (Å²) in [5.41, 5.74) is 4.34. The van der Waals surface area contributed by atoms with Crippen molar-refractivity contribution in [1.82, 2.24) is 9.88 Å². The Labute approximate surface area is 188 Å². The van der Waals surface area contributed by atoms with Gasteiger partial charge < -0.3 is 5.32 Å². The van der Waals surface area contributed by atoms with Gasteiger partial charge in [-0.25, -0.2) is 4.98 Å². The van der Waals surface area contributed by atoms with Crippen molar-refractivity contribution in [3.05, 3.63) is 83.4 Å². The van der Waals surface area contributed by atoms with Crippen LogP contribution in [0.25, 0.3) is 20.8 Å². The van der Waals surface area contributed by atoms with Gasteiger partial charge in [0, 0.05) is 11.3 Å². The first kappa shape index (κ1) is 20.1. The molecule has 1 N–H and O–H groups in total. The van der Waals surface area contributed by atoms with Crippen LogP contribution in [0.5, 0.6) is 0 Å². The maximum absolute atomic E-state index is 12.8. The molecule has 0 aliphatic carbocycles. The van der Waals surface area contributed by atoms with Gasteiger partial charge in [-0.05, 0) is 67.9 Å².